The summed E-state index contributed by atoms with van der Waals surface area (Å²) in [5.74, 6) is -0.202. The molecule has 0 bridgehead atoms. The van der Waals surface area contributed by atoms with E-state index < -0.39 is 0 Å². The molecular formula is C14H20BrFN2. The van der Waals surface area contributed by atoms with Crippen molar-refractivity contribution in [1.82, 2.24) is 4.90 Å². The van der Waals surface area contributed by atoms with Gasteiger partial charge >= 0.3 is 0 Å². The van der Waals surface area contributed by atoms with Gasteiger partial charge < -0.3 is 5.73 Å². The van der Waals surface area contributed by atoms with Crippen molar-refractivity contribution in [3.8, 4) is 0 Å². The van der Waals surface area contributed by atoms with Crippen molar-refractivity contribution >= 4 is 15.9 Å². The third kappa shape index (κ3) is 2.92. The molecule has 1 aromatic rings. The van der Waals surface area contributed by atoms with Crippen molar-refractivity contribution in [1.29, 1.82) is 0 Å². The van der Waals surface area contributed by atoms with Gasteiger partial charge in [0.2, 0.25) is 0 Å². The lowest BCUT2D eigenvalue weighted by Gasteiger charge is -2.40. The largest absolute Gasteiger partial charge is 0.328 e. The third-order valence-electron chi connectivity index (χ3n) is 3.88. The molecule has 0 amide bonds. The molecule has 2 rings (SSSR count). The maximum absolute atomic E-state index is 13.1. The van der Waals surface area contributed by atoms with E-state index in [1.54, 1.807) is 0 Å². The third-order valence-corrected chi connectivity index (χ3v) is 4.56. The first-order valence-electron chi connectivity index (χ1n) is 6.45. The summed E-state index contributed by atoms with van der Waals surface area (Å²) < 4.78 is 14.0. The fraction of sp³-hybridized carbons (Fsp3) is 0.571. The van der Waals surface area contributed by atoms with Gasteiger partial charge in [0.25, 0.3) is 0 Å². The summed E-state index contributed by atoms with van der Waals surface area (Å²) in [5, 5.41) is 0. The van der Waals surface area contributed by atoms with Crippen LogP contribution in [-0.4, -0.2) is 23.5 Å². The summed E-state index contributed by atoms with van der Waals surface area (Å²) >= 11 is 3.45. The molecule has 1 aliphatic heterocycles. The van der Waals surface area contributed by atoms with Gasteiger partial charge in [-0.05, 0) is 44.4 Å². The highest BCUT2D eigenvalue weighted by Gasteiger charge is 2.28. The van der Waals surface area contributed by atoms with Crippen LogP contribution in [-0.2, 0) is 0 Å². The van der Waals surface area contributed by atoms with Gasteiger partial charge in [0, 0.05) is 29.1 Å². The van der Waals surface area contributed by atoms with E-state index in [1.165, 1.54) is 12.1 Å². The fourth-order valence-corrected chi connectivity index (χ4v) is 3.50. The smallest absolute Gasteiger partial charge is 0.124 e. The Labute approximate surface area is 116 Å². The number of nitrogens with two attached hydrogens (primary N) is 1. The first-order chi connectivity index (χ1) is 8.49. The van der Waals surface area contributed by atoms with Crippen molar-refractivity contribution in [2.45, 2.75) is 44.8 Å². The van der Waals surface area contributed by atoms with Crippen molar-refractivity contribution in [2.24, 2.45) is 5.73 Å². The first kappa shape index (κ1) is 14.0. The van der Waals surface area contributed by atoms with Crippen LogP contribution in [0.2, 0.25) is 0 Å². The molecular weight excluding hydrogens is 295 g/mol. The van der Waals surface area contributed by atoms with Crippen molar-refractivity contribution in [3.05, 3.63) is 34.1 Å². The van der Waals surface area contributed by atoms with E-state index in [4.69, 9.17) is 5.73 Å². The topological polar surface area (TPSA) is 29.3 Å². The summed E-state index contributed by atoms with van der Waals surface area (Å²) in [5.41, 5.74) is 7.13. The number of hydrogen-bond donors (Lipinski definition) is 1. The molecule has 1 heterocycles. The van der Waals surface area contributed by atoms with Gasteiger partial charge in [-0.25, -0.2) is 4.39 Å². The second-order valence-electron chi connectivity index (χ2n) is 5.21. The summed E-state index contributed by atoms with van der Waals surface area (Å²) in [6.45, 7) is 5.39. The predicted molar refractivity (Wildman–Crippen MR) is 75.9 cm³/mol. The minimum atomic E-state index is -0.202. The van der Waals surface area contributed by atoms with Gasteiger partial charge in [0.15, 0.2) is 0 Å². The number of nitrogens with zero attached hydrogens (tertiary/aromatic N) is 1. The summed E-state index contributed by atoms with van der Waals surface area (Å²) in [4.78, 5) is 2.45. The van der Waals surface area contributed by atoms with E-state index in [9.17, 15) is 4.39 Å². The predicted octanol–water partition coefficient (Wildman–Crippen LogP) is 3.46. The van der Waals surface area contributed by atoms with Crippen LogP contribution in [0.15, 0.2) is 22.7 Å². The zero-order valence-corrected chi connectivity index (χ0v) is 12.5. The zero-order valence-electron chi connectivity index (χ0n) is 10.9. The van der Waals surface area contributed by atoms with Crippen LogP contribution in [0.25, 0.3) is 0 Å². The number of halogens is 2. The van der Waals surface area contributed by atoms with E-state index in [1.807, 2.05) is 6.07 Å². The molecule has 0 radical (unpaired) electrons. The summed E-state index contributed by atoms with van der Waals surface area (Å²) in [6.07, 6.45) is 2.07. The number of hydrogen-bond acceptors (Lipinski definition) is 2. The Morgan fingerprint density at radius 3 is 2.83 bits per heavy atom. The average molecular weight is 315 g/mol. The molecule has 1 saturated heterocycles. The van der Waals surface area contributed by atoms with Gasteiger partial charge in [0.1, 0.15) is 5.82 Å². The van der Waals surface area contributed by atoms with Crippen LogP contribution in [0, 0.1) is 5.82 Å². The number of likely N-dealkylation sites (tertiary alicyclic amines) is 1. The van der Waals surface area contributed by atoms with Crippen LogP contribution in [0.5, 0.6) is 0 Å². The van der Waals surface area contributed by atoms with Crippen LogP contribution in [0.3, 0.4) is 0 Å². The quantitative estimate of drug-likeness (QED) is 0.905. The normalized spacial score (nSPS) is 27.2. The molecule has 0 aromatic heterocycles. The lowest BCUT2D eigenvalue weighted by atomic mass is 9.95. The van der Waals surface area contributed by atoms with E-state index in [0.717, 1.165) is 29.4 Å². The van der Waals surface area contributed by atoms with E-state index in [2.05, 4.69) is 34.7 Å². The molecule has 0 aliphatic carbocycles. The molecule has 3 atom stereocenters. The Bertz CT molecular complexity index is 424. The van der Waals surface area contributed by atoms with E-state index in [0.29, 0.717) is 12.1 Å². The van der Waals surface area contributed by atoms with Gasteiger partial charge in [-0.3, -0.25) is 4.90 Å². The standard InChI is InChI=1S/C14H20BrFN2/c1-9-7-12(17)5-6-18(9)10(2)13-4-3-11(16)8-14(13)15/h3-4,8-10,12H,5-7,17H2,1-2H3. The molecule has 0 spiro atoms. The van der Waals surface area contributed by atoms with Gasteiger partial charge in [-0.1, -0.05) is 22.0 Å². The highest BCUT2D eigenvalue weighted by atomic mass is 79.9. The Balaban J connectivity index is 2.17. The van der Waals surface area contributed by atoms with Gasteiger partial charge in [-0.15, -0.1) is 0 Å². The Hall–Kier alpha value is -0.450. The Morgan fingerprint density at radius 1 is 1.50 bits per heavy atom. The van der Waals surface area contributed by atoms with Crippen LogP contribution in [0.4, 0.5) is 4.39 Å². The average Bonchev–Trinajstić information content (AvgIpc) is 2.28. The molecule has 4 heteroatoms. The Morgan fingerprint density at radius 2 is 2.22 bits per heavy atom. The van der Waals surface area contributed by atoms with Crippen LogP contribution in [0.1, 0.15) is 38.3 Å². The van der Waals surface area contributed by atoms with Gasteiger partial charge in [-0.2, -0.15) is 0 Å². The Kier molecular flexibility index (Phi) is 4.41. The van der Waals surface area contributed by atoms with E-state index in [-0.39, 0.29) is 11.9 Å². The molecule has 1 aliphatic rings. The van der Waals surface area contributed by atoms with Crippen molar-refractivity contribution in [2.75, 3.05) is 6.54 Å². The second kappa shape index (κ2) is 5.68. The molecule has 1 fully saturated rings. The fourth-order valence-electron chi connectivity index (χ4n) is 2.82. The molecule has 1 aromatic carbocycles. The first-order valence-corrected chi connectivity index (χ1v) is 7.24. The van der Waals surface area contributed by atoms with Crippen molar-refractivity contribution < 1.29 is 4.39 Å². The monoisotopic (exact) mass is 314 g/mol. The molecule has 18 heavy (non-hydrogen) atoms. The minimum Gasteiger partial charge on any atom is -0.328 e. The van der Waals surface area contributed by atoms with Crippen molar-refractivity contribution in [3.63, 3.8) is 0 Å². The second-order valence-corrected chi connectivity index (χ2v) is 6.07. The number of benzene rings is 1. The zero-order chi connectivity index (χ0) is 13.3. The molecule has 0 saturated carbocycles. The van der Waals surface area contributed by atoms with E-state index >= 15 is 0 Å². The van der Waals surface area contributed by atoms with Gasteiger partial charge in [0.05, 0.1) is 0 Å². The maximum Gasteiger partial charge on any atom is 0.124 e. The van der Waals surface area contributed by atoms with Crippen LogP contribution < -0.4 is 5.73 Å². The lowest BCUT2D eigenvalue weighted by Crippen LogP contribution is -2.46. The summed E-state index contributed by atoms with van der Waals surface area (Å²) in [6, 6.07) is 6.00. The highest BCUT2D eigenvalue weighted by Crippen LogP contribution is 2.32. The minimum absolute atomic E-state index is 0.202. The lowest BCUT2D eigenvalue weighted by molar-refractivity contribution is 0.104. The highest BCUT2D eigenvalue weighted by molar-refractivity contribution is 9.10. The van der Waals surface area contributed by atoms with Crippen LogP contribution >= 0.6 is 15.9 Å². The number of piperidine rings is 1. The SMILES string of the molecule is CC1CC(N)CCN1C(C)c1ccc(F)cc1Br. The molecule has 3 unspecified atom stereocenters. The molecule has 2 N–H and O–H groups in total. The molecule has 2 nitrogen and oxygen atoms in total. The summed E-state index contributed by atoms with van der Waals surface area (Å²) in [7, 11) is 0. The molecule has 100 valence electrons. The number of rotatable bonds is 2. The maximum atomic E-state index is 13.1.